The summed E-state index contributed by atoms with van der Waals surface area (Å²) >= 11 is 0. The predicted octanol–water partition coefficient (Wildman–Crippen LogP) is 2.67. The first kappa shape index (κ1) is 12.7. The third-order valence-electron chi connectivity index (χ3n) is 3.69. The molecule has 0 saturated carbocycles. The van der Waals surface area contributed by atoms with Gasteiger partial charge in [-0.15, -0.1) is 0 Å². The average Bonchev–Trinajstić information content (AvgIpc) is 2.48. The monoisotopic (exact) mass is 263 g/mol. The number of hydrogen-bond acceptors (Lipinski definition) is 3. The highest BCUT2D eigenvalue weighted by molar-refractivity contribution is 5.52. The Bertz CT molecular complexity index is 643. The van der Waals surface area contributed by atoms with Gasteiger partial charge in [-0.1, -0.05) is 30.3 Å². The molecule has 1 aliphatic rings. The Morgan fingerprint density at radius 1 is 1.05 bits per heavy atom. The highest BCUT2D eigenvalue weighted by atomic mass is 15.1. The van der Waals surface area contributed by atoms with Crippen LogP contribution in [0.2, 0.25) is 0 Å². The van der Waals surface area contributed by atoms with Gasteiger partial charge in [-0.3, -0.25) is 0 Å². The molecule has 20 heavy (non-hydrogen) atoms. The molecule has 0 spiro atoms. The molecule has 1 heterocycles. The Labute approximate surface area is 119 Å². The molecule has 0 radical (unpaired) electrons. The smallest absolute Gasteiger partial charge is 0.0992 e. The third-order valence-corrected chi connectivity index (χ3v) is 3.69. The minimum Gasteiger partial charge on any atom is -0.366 e. The summed E-state index contributed by atoms with van der Waals surface area (Å²) in [6.45, 7) is 3.73. The van der Waals surface area contributed by atoms with Crippen LogP contribution in [0, 0.1) is 11.3 Å². The lowest BCUT2D eigenvalue weighted by Crippen LogP contribution is -2.34. The number of nitrogens with one attached hydrogen (secondary N) is 1. The van der Waals surface area contributed by atoms with Crippen LogP contribution in [0.3, 0.4) is 0 Å². The first-order chi connectivity index (χ1) is 9.86. The van der Waals surface area contributed by atoms with Crippen LogP contribution >= 0.6 is 0 Å². The molecular weight excluding hydrogens is 246 g/mol. The van der Waals surface area contributed by atoms with Gasteiger partial charge in [0, 0.05) is 31.9 Å². The molecule has 3 nitrogen and oxygen atoms in total. The lowest BCUT2D eigenvalue weighted by Gasteiger charge is -2.28. The highest BCUT2D eigenvalue weighted by Crippen LogP contribution is 2.21. The third kappa shape index (κ3) is 2.66. The Morgan fingerprint density at radius 2 is 1.90 bits per heavy atom. The van der Waals surface area contributed by atoms with Crippen molar-refractivity contribution in [3.63, 3.8) is 0 Å². The zero-order valence-electron chi connectivity index (χ0n) is 11.3. The van der Waals surface area contributed by atoms with Crippen LogP contribution in [0.4, 0.5) is 5.69 Å². The summed E-state index contributed by atoms with van der Waals surface area (Å²) in [4.78, 5) is 2.33. The molecule has 0 amide bonds. The van der Waals surface area contributed by atoms with E-state index in [9.17, 15) is 0 Å². The van der Waals surface area contributed by atoms with E-state index in [4.69, 9.17) is 5.26 Å². The summed E-state index contributed by atoms with van der Waals surface area (Å²) in [6, 6.07) is 18.6. The Kier molecular flexibility index (Phi) is 3.67. The predicted molar refractivity (Wildman–Crippen MR) is 80.4 cm³/mol. The van der Waals surface area contributed by atoms with Gasteiger partial charge in [0.15, 0.2) is 0 Å². The van der Waals surface area contributed by atoms with Gasteiger partial charge in [0.2, 0.25) is 0 Å². The fraction of sp³-hybridized carbons (Fsp3) is 0.235. The van der Waals surface area contributed by atoms with Gasteiger partial charge in [0.25, 0.3) is 0 Å². The molecule has 0 fully saturated rings. The lowest BCUT2D eigenvalue weighted by molar-refractivity contribution is 0.631. The Morgan fingerprint density at radius 3 is 2.75 bits per heavy atom. The molecule has 2 aromatic rings. The maximum absolute atomic E-state index is 9.04. The second-order valence-electron chi connectivity index (χ2n) is 5.03. The van der Waals surface area contributed by atoms with Gasteiger partial charge < -0.3 is 10.2 Å². The molecule has 100 valence electrons. The fourth-order valence-electron chi connectivity index (χ4n) is 2.60. The minimum absolute atomic E-state index is 0.714. The number of nitriles is 1. The number of benzene rings is 2. The van der Waals surface area contributed by atoms with E-state index in [1.807, 2.05) is 18.2 Å². The van der Waals surface area contributed by atoms with E-state index >= 15 is 0 Å². The largest absolute Gasteiger partial charge is 0.366 e. The number of hydrogen-bond donors (Lipinski definition) is 1. The van der Waals surface area contributed by atoms with E-state index < -0.39 is 0 Å². The average molecular weight is 263 g/mol. The molecule has 0 unspecified atom stereocenters. The standard InChI is InChI=1S/C17H17N3/c18-11-14-4-3-7-17(10-14)20-9-8-19-12-15-5-1-2-6-16(15)13-20/h1-7,10,19H,8-9,12-13H2. The summed E-state index contributed by atoms with van der Waals surface area (Å²) in [5, 5.41) is 12.5. The van der Waals surface area contributed by atoms with Crippen molar-refractivity contribution in [3.8, 4) is 6.07 Å². The van der Waals surface area contributed by atoms with E-state index in [1.165, 1.54) is 11.1 Å². The molecule has 3 heteroatoms. The molecule has 1 aliphatic heterocycles. The maximum Gasteiger partial charge on any atom is 0.0992 e. The molecule has 0 atom stereocenters. The molecule has 1 N–H and O–H groups in total. The second-order valence-corrected chi connectivity index (χ2v) is 5.03. The minimum atomic E-state index is 0.714. The second kappa shape index (κ2) is 5.77. The van der Waals surface area contributed by atoms with Gasteiger partial charge >= 0.3 is 0 Å². The van der Waals surface area contributed by atoms with E-state index in [0.717, 1.165) is 31.9 Å². The first-order valence-corrected chi connectivity index (χ1v) is 6.89. The molecule has 0 aromatic heterocycles. The number of rotatable bonds is 1. The van der Waals surface area contributed by atoms with Crippen molar-refractivity contribution < 1.29 is 0 Å². The summed E-state index contributed by atoms with van der Waals surface area (Å²) in [7, 11) is 0. The topological polar surface area (TPSA) is 39.1 Å². The van der Waals surface area contributed by atoms with Crippen molar-refractivity contribution in [1.82, 2.24) is 5.32 Å². The van der Waals surface area contributed by atoms with Crippen LogP contribution in [0.1, 0.15) is 16.7 Å². The zero-order valence-corrected chi connectivity index (χ0v) is 11.3. The highest BCUT2D eigenvalue weighted by Gasteiger charge is 2.13. The van der Waals surface area contributed by atoms with Crippen molar-refractivity contribution in [2.75, 3.05) is 18.0 Å². The van der Waals surface area contributed by atoms with Crippen molar-refractivity contribution in [1.29, 1.82) is 5.26 Å². The van der Waals surface area contributed by atoms with E-state index in [1.54, 1.807) is 0 Å². The molecule has 3 rings (SSSR count). The Hall–Kier alpha value is -2.31. The van der Waals surface area contributed by atoms with E-state index in [2.05, 4.69) is 46.6 Å². The van der Waals surface area contributed by atoms with Crippen molar-refractivity contribution in [3.05, 3.63) is 65.2 Å². The Balaban J connectivity index is 1.92. The fourth-order valence-corrected chi connectivity index (χ4v) is 2.60. The molecule has 2 aromatic carbocycles. The van der Waals surface area contributed by atoms with Crippen LogP contribution in [-0.4, -0.2) is 13.1 Å². The summed E-state index contributed by atoms with van der Waals surface area (Å²) in [5.41, 5.74) is 4.53. The SMILES string of the molecule is N#Cc1cccc(N2CCNCc3ccccc3C2)c1. The summed E-state index contributed by atoms with van der Waals surface area (Å²) in [6.07, 6.45) is 0. The van der Waals surface area contributed by atoms with E-state index in [0.29, 0.717) is 5.56 Å². The molecular formula is C17H17N3. The quantitative estimate of drug-likeness (QED) is 0.859. The molecule has 0 saturated heterocycles. The van der Waals surface area contributed by atoms with Crippen LogP contribution in [-0.2, 0) is 13.1 Å². The van der Waals surface area contributed by atoms with Crippen LogP contribution in [0.5, 0.6) is 0 Å². The van der Waals surface area contributed by atoms with E-state index in [-0.39, 0.29) is 0 Å². The van der Waals surface area contributed by atoms with Crippen LogP contribution in [0.25, 0.3) is 0 Å². The lowest BCUT2D eigenvalue weighted by atomic mass is 10.1. The summed E-state index contributed by atoms with van der Waals surface area (Å²) < 4.78 is 0. The molecule has 0 aliphatic carbocycles. The van der Waals surface area contributed by atoms with Crippen molar-refractivity contribution >= 4 is 5.69 Å². The van der Waals surface area contributed by atoms with Crippen molar-refractivity contribution in [2.24, 2.45) is 0 Å². The number of nitrogens with zero attached hydrogens (tertiary/aromatic N) is 2. The van der Waals surface area contributed by atoms with Gasteiger partial charge in [-0.05, 0) is 29.3 Å². The normalized spacial score (nSPS) is 14.8. The number of anilines is 1. The number of fused-ring (bicyclic) bond motifs is 1. The van der Waals surface area contributed by atoms with Crippen molar-refractivity contribution in [2.45, 2.75) is 13.1 Å². The first-order valence-electron chi connectivity index (χ1n) is 6.89. The zero-order chi connectivity index (χ0) is 13.8. The van der Waals surface area contributed by atoms with Gasteiger partial charge in [0.1, 0.15) is 0 Å². The van der Waals surface area contributed by atoms with Crippen LogP contribution in [0.15, 0.2) is 48.5 Å². The summed E-state index contributed by atoms with van der Waals surface area (Å²) in [5.74, 6) is 0. The van der Waals surface area contributed by atoms with Crippen LogP contribution < -0.4 is 10.2 Å². The molecule has 0 bridgehead atoms. The van der Waals surface area contributed by atoms with Gasteiger partial charge in [-0.2, -0.15) is 5.26 Å². The van der Waals surface area contributed by atoms with Gasteiger partial charge in [-0.25, -0.2) is 0 Å². The maximum atomic E-state index is 9.04. The van der Waals surface area contributed by atoms with Gasteiger partial charge in [0.05, 0.1) is 11.6 Å².